The van der Waals surface area contributed by atoms with Crippen molar-refractivity contribution in [3.05, 3.63) is 35.9 Å². The van der Waals surface area contributed by atoms with Crippen molar-refractivity contribution >= 4 is 5.91 Å². The monoisotopic (exact) mass is 318 g/mol. The summed E-state index contributed by atoms with van der Waals surface area (Å²) in [6, 6.07) is 9.11. The highest BCUT2D eigenvalue weighted by Gasteiger charge is 2.30. The summed E-state index contributed by atoms with van der Waals surface area (Å²) in [6.07, 6.45) is 1.62. The summed E-state index contributed by atoms with van der Waals surface area (Å²) in [5, 5.41) is 10.3. The highest BCUT2D eigenvalue weighted by atomic mass is 16.5. The molecule has 5 nitrogen and oxygen atoms in total. The van der Waals surface area contributed by atoms with Gasteiger partial charge in [-0.2, -0.15) is 0 Å². The van der Waals surface area contributed by atoms with Gasteiger partial charge < -0.3 is 19.6 Å². The lowest BCUT2D eigenvalue weighted by molar-refractivity contribution is -0.148. The van der Waals surface area contributed by atoms with Crippen LogP contribution in [0.15, 0.2) is 30.3 Å². The van der Waals surface area contributed by atoms with Gasteiger partial charge in [0.1, 0.15) is 0 Å². The minimum Gasteiger partial charge on any atom is -0.378 e. The topological polar surface area (TPSA) is 53.0 Å². The molecule has 1 N–H and O–H groups in total. The van der Waals surface area contributed by atoms with Crippen molar-refractivity contribution in [3.63, 3.8) is 0 Å². The first-order valence-corrected chi connectivity index (χ1v) is 8.45. The van der Waals surface area contributed by atoms with Crippen LogP contribution in [0.25, 0.3) is 0 Å². The Balaban J connectivity index is 1.53. The Kier molecular flexibility index (Phi) is 5.30. The summed E-state index contributed by atoms with van der Waals surface area (Å²) < 4.78 is 5.80. The summed E-state index contributed by atoms with van der Waals surface area (Å²) >= 11 is 0. The van der Waals surface area contributed by atoms with Crippen molar-refractivity contribution in [1.29, 1.82) is 0 Å². The van der Waals surface area contributed by atoms with E-state index in [-0.39, 0.29) is 12.0 Å². The Hall–Kier alpha value is -1.43. The molecule has 0 radical (unpaired) electrons. The third-order valence-electron chi connectivity index (χ3n) is 4.58. The molecule has 2 fully saturated rings. The van der Waals surface area contributed by atoms with Gasteiger partial charge in [-0.1, -0.05) is 30.3 Å². The van der Waals surface area contributed by atoms with E-state index in [1.165, 1.54) is 12.8 Å². The Morgan fingerprint density at radius 1 is 1.35 bits per heavy atom. The molecule has 23 heavy (non-hydrogen) atoms. The molecule has 0 aromatic heterocycles. The predicted octanol–water partition coefficient (Wildman–Crippen LogP) is 1.29. The average Bonchev–Trinajstić information content (AvgIpc) is 3.38. The van der Waals surface area contributed by atoms with Gasteiger partial charge >= 0.3 is 0 Å². The van der Waals surface area contributed by atoms with Crippen LogP contribution >= 0.6 is 0 Å². The van der Waals surface area contributed by atoms with Gasteiger partial charge in [0.15, 0.2) is 6.10 Å². The van der Waals surface area contributed by atoms with Gasteiger partial charge in [-0.15, -0.1) is 0 Å². The molecule has 1 saturated carbocycles. The SMILES string of the molecule is CN(CC1CC1)C[C@@H]1CN(C(=O)[C@@H](O)c2ccccc2)CCO1. The van der Waals surface area contributed by atoms with E-state index in [9.17, 15) is 9.90 Å². The molecule has 1 aliphatic heterocycles. The molecule has 0 bridgehead atoms. The lowest BCUT2D eigenvalue weighted by atomic mass is 10.1. The number of carbonyl (C=O) groups excluding carboxylic acids is 1. The highest BCUT2D eigenvalue weighted by molar-refractivity contribution is 5.82. The third kappa shape index (κ3) is 4.53. The van der Waals surface area contributed by atoms with Crippen molar-refractivity contribution < 1.29 is 14.6 Å². The maximum absolute atomic E-state index is 12.5. The summed E-state index contributed by atoms with van der Waals surface area (Å²) in [6.45, 7) is 3.58. The number of hydrogen-bond acceptors (Lipinski definition) is 4. The minimum atomic E-state index is -1.08. The van der Waals surface area contributed by atoms with Gasteiger partial charge in [-0.25, -0.2) is 0 Å². The second kappa shape index (κ2) is 7.43. The van der Waals surface area contributed by atoms with Crippen LogP contribution in [-0.2, 0) is 9.53 Å². The standard InChI is InChI=1S/C18H26N2O3/c1-19(11-14-7-8-14)12-16-13-20(9-10-23-16)18(22)17(21)15-5-3-2-4-6-15/h2-6,14,16-17,21H,7-13H2,1H3/t16-,17+/m1/s1. The molecule has 5 heteroatoms. The molecule has 3 rings (SSSR count). The van der Waals surface area contributed by atoms with E-state index < -0.39 is 6.10 Å². The second-order valence-electron chi connectivity index (χ2n) is 6.75. The molecule has 1 amide bonds. The first-order valence-electron chi connectivity index (χ1n) is 8.45. The minimum absolute atomic E-state index is 0.0272. The van der Waals surface area contributed by atoms with Crippen molar-refractivity contribution in [3.8, 4) is 0 Å². The van der Waals surface area contributed by atoms with Crippen LogP contribution in [0.2, 0.25) is 0 Å². The molecule has 0 spiro atoms. The van der Waals surface area contributed by atoms with Gasteiger partial charge in [-0.3, -0.25) is 4.79 Å². The number of aliphatic hydroxyl groups is 1. The Morgan fingerprint density at radius 3 is 2.78 bits per heavy atom. The van der Waals surface area contributed by atoms with Crippen LogP contribution in [0.1, 0.15) is 24.5 Å². The summed E-state index contributed by atoms with van der Waals surface area (Å²) in [4.78, 5) is 16.6. The molecule has 2 aliphatic rings. The lowest BCUT2D eigenvalue weighted by Gasteiger charge is -2.35. The predicted molar refractivity (Wildman–Crippen MR) is 87.9 cm³/mol. The molecule has 1 saturated heterocycles. The zero-order valence-electron chi connectivity index (χ0n) is 13.7. The van der Waals surface area contributed by atoms with Crippen molar-refractivity contribution in [2.45, 2.75) is 25.0 Å². The number of amides is 1. The summed E-state index contributed by atoms with van der Waals surface area (Å²) in [5.41, 5.74) is 0.645. The zero-order valence-corrected chi connectivity index (χ0v) is 13.7. The number of rotatable bonds is 6. The van der Waals surface area contributed by atoms with Crippen molar-refractivity contribution in [2.24, 2.45) is 5.92 Å². The van der Waals surface area contributed by atoms with E-state index in [0.717, 1.165) is 19.0 Å². The van der Waals surface area contributed by atoms with Crippen LogP contribution in [0, 0.1) is 5.92 Å². The second-order valence-corrected chi connectivity index (χ2v) is 6.75. The van der Waals surface area contributed by atoms with Crippen LogP contribution < -0.4 is 0 Å². The molecule has 1 aromatic carbocycles. The van der Waals surface area contributed by atoms with Gasteiger partial charge in [0.2, 0.25) is 0 Å². The van der Waals surface area contributed by atoms with E-state index >= 15 is 0 Å². The number of ether oxygens (including phenoxy) is 1. The van der Waals surface area contributed by atoms with Crippen LogP contribution in [0.5, 0.6) is 0 Å². The molecule has 1 aliphatic carbocycles. The molecular formula is C18H26N2O3. The molecule has 1 heterocycles. The summed E-state index contributed by atoms with van der Waals surface area (Å²) in [7, 11) is 2.11. The van der Waals surface area contributed by atoms with E-state index in [2.05, 4.69) is 11.9 Å². The number of hydrogen-bond donors (Lipinski definition) is 1. The van der Waals surface area contributed by atoms with Crippen LogP contribution in [-0.4, -0.2) is 66.8 Å². The number of carbonyl (C=O) groups is 1. The van der Waals surface area contributed by atoms with Gasteiger partial charge in [0.05, 0.1) is 12.7 Å². The molecule has 0 unspecified atom stereocenters. The van der Waals surface area contributed by atoms with E-state index in [1.54, 1.807) is 17.0 Å². The highest BCUT2D eigenvalue weighted by Crippen LogP contribution is 2.29. The maximum atomic E-state index is 12.5. The van der Waals surface area contributed by atoms with Gasteiger partial charge in [0.25, 0.3) is 5.91 Å². The normalized spacial score (nSPS) is 23.1. The average molecular weight is 318 g/mol. The fourth-order valence-corrected chi connectivity index (χ4v) is 3.14. The van der Waals surface area contributed by atoms with E-state index in [1.807, 2.05) is 18.2 Å². The van der Waals surface area contributed by atoms with Gasteiger partial charge in [0, 0.05) is 26.2 Å². The van der Waals surface area contributed by atoms with Gasteiger partial charge in [-0.05, 0) is 31.4 Å². The zero-order chi connectivity index (χ0) is 16.2. The number of morpholine rings is 1. The largest absolute Gasteiger partial charge is 0.378 e. The smallest absolute Gasteiger partial charge is 0.256 e. The quantitative estimate of drug-likeness (QED) is 0.859. The molecule has 126 valence electrons. The van der Waals surface area contributed by atoms with Crippen molar-refractivity contribution in [1.82, 2.24) is 9.80 Å². The first kappa shape index (κ1) is 16.4. The summed E-state index contributed by atoms with van der Waals surface area (Å²) in [5.74, 6) is 0.621. The number of likely N-dealkylation sites (N-methyl/N-ethyl adjacent to an activating group) is 1. The molecule has 2 atom stereocenters. The number of aliphatic hydroxyl groups excluding tert-OH is 1. The van der Waals surface area contributed by atoms with Crippen molar-refractivity contribution in [2.75, 3.05) is 39.8 Å². The number of nitrogens with zero attached hydrogens (tertiary/aromatic N) is 2. The fourth-order valence-electron chi connectivity index (χ4n) is 3.14. The third-order valence-corrected chi connectivity index (χ3v) is 4.58. The molecule has 1 aromatic rings. The van der Waals surface area contributed by atoms with E-state index in [0.29, 0.717) is 25.3 Å². The molecular weight excluding hydrogens is 292 g/mol. The lowest BCUT2D eigenvalue weighted by Crippen LogP contribution is -2.50. The van der Waals surface area contributed by atoms with E-state index in [4.69, 9.17) is 4.74 Å². The first-order chi connectivity index (χ1) is 11.1. The van der Waals surface area contributed by atoms with Crippen LogP contribution in [0.4, 0.5) is 0 Å². The Bertz CT molecular complexity index is 518. The Labute approximate surface area is 137 Å². The number of benzene rings is 1. The Morgan fingerprint density at radius 2 is 2.09 bits per heavy atom. The van der Waals surface area contributed by atoms with Crippen LogP contribution in [0.3, 0.4) is 0 Å². The maximum Gasteiger partial charge on any atom is 0.256 e. The fraction of sp³-hybridized carbons (Fsp3) is 0.611.